The van der Waals surface area contributed by atoms with E-state index in [9.17, 15) is 3.07 Å². The first kappa shape index (κ1) is 14.1. The lowest BCUT2D eigenvalue weighted by molar-refractivity contribution is 0.648. The second-order valence-corrected chi connectivity index (χ2v) is 7.76. The third kappa shape index (κ3) is 1.94. The minimum Gasteiger partial charge on any atom is -0.455 e. The summed E-state index contributed by atoms with van der Waals surface area (Å²) in [5, 5.41) is 6.59. The zero-order valence-electron chi connectivity index (χ0n) is 13.0. The van der Waals surface area contributed by atoms with Gasteiger partial charge in [0.25, 0.3) is 0 Å². The van der Waals surface area contributed by atoms with Crippen LogP contribution < -0.4 is 0 Å². The van der Waals surface area contributed by atoms with Gasteiger partial charge in [0.1, 0.15) is 11.2 Å². The Morgan fingerprint density at radius 2 is 1.62 bits per heavy atom. The minimum atomic E-state index is -1.24. The van der Waals surface area contributed by atoms with Gasteiger partial charge in [-0.3, -0.25) is 3.07 Å². The Bertz CT molecular complexity index is 1280. The largest absolute Gasteiger partial charge is 0.455 e. The summed E-state index contributed by atoms with van der Waals surface area (Å²) in [5.41, 5.74) is 3.00. The summed E-state index contributed by atoms with van der Waals surface area (Å²) >= 11 is -1.24. The average molecular weight is 424 g/mol. The predicted octanol–water partition coefficient (Wildman–Crippen LogP) is 6.69. The van der Waals surface area contributed by atoms with Gasteiger partial charge in [-0.25, -0.2) is 0 Å². The van der Waals surface area contributed by atoms with Crippen LogP contribution in [-0.2, 0) is 3.07 Å². The van der Waals surface area contributed by atoms with Crippen LogP contribution in [-0.4, -0.2) is 0 Å². The molecule has 4 aromatic carbocycles. The van der Waals surface area contributed by atoms with Crippen molar-refractivity contribution in [3.05, 3.63) is 69.8 Å². The van der Waals surface area contributed by atoms with E-state index in [0.29, 0.717) is 0 Å². The van der Waals surface area contributed by atoms with Gasteiger partial charge >= 0.3 is 0 Å². The molecule has 2 nitrogen and oxygen atoms in total. The van der Waals surface area contributed by atoms with Gasteiger partial charge in [-0.05, 0) is 35.9 Å². The highest BCUT2D eigenvalue weighted by Crippen LogP contribution is 2.38. The summed E-state index contributed by atoms with van der Waals surface area (Å²) in [6.45, 7) is 2.10. The van der Waals surface area contributed by atoms with E-state index < -0.39 is 21.2 Å². The van der Waals surface area contributed by atoms with E-state index in [-0.39, 0.29) is 0 Å². The maximum atomic E-state index is 11.8. The van der Waals surface area contributed by atoms with Crippen LogP contribution in [0.25, 0.3) is 43.5 Å². The van der Waals surface area contributed by atoms with Crippen molar-refractivity contribution in [2.45, 2.75) is 6.92 Å². The molecule has 0 amide bonds. The lowest BCUT2D eigenvalue weighted by atomic mass is 10.0. The molecule has 3 heteroatoms. The molecule has 5 aromatic rings. The number of aryl methyl sites for hydroxylation is 1. The molecule has 5 rings (SSSR count). The van der Waals surface area contributed by atoms with Gasteiger partial charge in [-0.2, -0.15) is 0 Å². The summed E-state index contributed by atoms with van der Waals surface area (Å²) in [6.07, 6.45) is 0. The lowest BCUT2D eigenvalue weighted by Gasteiger charge is -2.01. The average Bonchev–Trinajstić information content (AvgIpc) is 2.96. The fourth-order valence-electron chi connectivity index (χ4n) is 3.48. The molecule has 0 fully saturated rings. The Morgan fingerprint density at radius 3 is 2.46 bits per heavy atom. The monoisotopic (exact) mass is 424 g/mol. The van der Waals surface area contributed by atoms with Crippen LogP contribution in [0.2, 0.25) is 0 Å². The van der Waals surface area contributed by atoms with Crippen LogP contribution in [0, 0.1) is 10.5 Å². The molecule has 0 bridgehead atoms. The van der Waals surface area contributed by atoms with Gasteiger partial charge in [0.15, 0.2) is 21.2 Å². The van der Waals surface area contributed by atoms with E-state index in [0.717, 1.165) is 36.3 Å². The third-order valence-corrected chi connectivity index (χ3v) is 5.99. The van der Waals surface area contributed by atoms with Crippen molar-refractivity contribution in [1.82, 2.24) is 0 Å². The molecular formula is C21H13IO2. The number of hydrogen-bond acceptors (Lipinski definition) is 2. The first-order valence-corrected chi connectivity index (χ1v) is 9.76. The molecule has 0 aliphatic rings. The van der Waals surface area contributed by atoms with Gasteiger partial charge in [-0.1, -0.05) is 48.0 Å². The topological polar surface area (TPSA) is 30.2 Å². The zero-order chi connectivity index (χ0) is 16.3. The highest BCUT2D eigenvalue weighted by Gasteiger charge is 2.14. The summed E-state index contributed by atoms with van der Waals surface area (Å²) in [5.74, 6) is 0. The molecule has 24 heavy (non-hydrogen) atoms. The van der Waals surface area contributed by atoms with Crippen molar-refractivity contribution in [1.29, 1.82) is 0 Å². The van der Waals surface area contributed by atoms with E-state index >= 15 is 0 Å². The van der Waals surface area contributed by atoms with Crippen molar-refractivity contribution < 1.29 is 7.49 Å². The standard InChI is InChI=1S/C21H13IO2/c1-12-6-7-13-9-17-18-11-19(22-23)15-4-2-3-5-16(15)21(18)24-20(17)10-14(13)8-12/h2-11H,1H3. The van der Waals surface area contributed by atoms with E-state index in [2.05, 4.69) is 37.3 Å². The molecule has 0 saturated heterocycles. The highest BCUT2D eigenvalue weighted by atomic mass is 127. The molecule has 0 aliphatic heterocycles. The van der Waals surface area contributed by atoms with Crippen molar-refractivity contribution >= 4 is 64.7 Å². The number of benzene rings is 4. The molecule has 116 valence electrons. The molecule has 1 heterocycles. The van der Waals surface area contributed by atoms with Gasteiger partial charge < -0.3 is 4.42 Å². The predicted molar refractivity (Wildman–Crippen MR) is 107 cm³/mol. The summed E-state index contributed by atoms with van der Waals surface area (Å²) < 4.78 is 18.9. The molecule has 0 saturated carbocycles. The maximum Gasteiger partial charge on any atom is 0.182 e. The van der Waals surface area contributed by atoms with Crippen LogP contribution in [0.5, 0.6) is 0 Å². The number of fused-ring (bicyclic) bond motifs is 6. The normalized spacial score (nSPS) is 11.9. The van der Waals surface area contributed by atoms with Crippen LogP contribution in [0.4, 0.5) is 0 Å². The van der Waals surface area contributed by atoms with Crippen molar-refractivity contribution in [2.75, 3.05) is 0 Å². The zero-order valence-corrected chi connectivity index (χ0v) is 15.1. The molecule has 0 atom stereocenters. The highest BCUT2D eigenvalue weighted by molar-refractivity contribution is 14.1. The van der Waals surface area contributed by atoms with Crippen molar-refractivity contribution in [3.8, 4) is 0 Å². The van der Waals surface area contributed by atoms with Crippen LogP contribution in [0.15, 0.2) is 65.1 Å². The SMILES string of the molecule is Cc1ccc2cc3c(cc2c1)oc1c2ccccc2c(I=O)cc31. The van der Waals surface area contributed by atoms with Gasteiger partial charge in [-0.15, -0.1) is 0 Å². The third-order valence-electron chi connectivity index (χ3n) is 4.62. The minimum absolute atomic E-state index is 0.883. The molecular weight excluding hydrogens is 411 g/mol. The van der Waals surface area contributed by atoms with Crippen molar-refractivity contribution in [3.63, 3.8) is 0 Å². The Morgan fingerprint density at radius 1 is 0.792 bits per heavy atom. The van der Waals surface area contributed by atoms with Gasteiger partial charge in [0.2, 0.25) is 0 Å². The van der Waals surface area contributed by atoms with Crippen LogP contribution in [0.1, 0.15) is 5.56 Å². The Balaban J connectivity index is 2.02. The number of furan rings is 1. The summed E-state index contributed by atoms with van der Waals surface area (Å²) in [4.78, 5) is 0. The number of halogens is 1. The smallest absolute Gasteiger partial charge is 0.182 e. The summed E-state index contributed by atoms with van der Waals surface area (Å²) in [6, 6.07) is 20.8. The Labute approximate surface area is 148 Å². The van der Waals surface area contributed by atoms with E-state index in [1.165, 1.54) is 16.3 Å². The molecule has 0 radical (unpaired) electrons. The molecule has 0 aliphatic carbocycles. The van der Waals surface area contributed by atoms with Crippen LogP contribution >= 0.6 is 21.2 Å². The second kappa shape index (κ2) is 5.11. The molecule has 1 aromatic heterocycles. The first-order chi connectivity index (χ1) is 11.7. The Kier molecular flexibility index (Phi) is 3.00. The summed E-state index contributed by atoms with van der Waals surface area (Å²) in [7, 11) is 0. The van der Waals surface area contributed by atoms with Crippen LogP contribution in [0.3, 0.4) is 0 Å². The van der Waals surface area contributed by atoms with E-state index in [1.54, 1.807) is 0 Å². The van der Waals surface area contributed by atoms with Gasteiger partial charge in [0.05, 0.1) is 3.57 Å². The molecule has 0 spiro atoms. The van der Waals surface area contributed by atoms with Crippen molar-refractivity contribution in [2.24, 2.45) is 0 Å². The Hall–Kier alpha value is -2.27. The van der Waals surface area contributed by atoms with E-state index in [1.807, 2.05) is 30.3 Å². The molecule has 0 N–H and O–H groups in total. The fraction of sp³-hybridized carbons (Fsp3) is 0.0476. The quantitative estimate of drug-likeness (QED) is 0.281. The van der Waals surface area contributed by atoms with Gasteiger partial charge in [0, 0.05) is 21.5 Å². The number of rotatable bonds is 1. The lowest BCUT2D eigenvalue weighted by Crippen LogP contribution is -1.79. The molecule has 0 unspecified atom stereocenters. The van der Waals surface area contributed by atoms with E-state index in [4.69, 9.17) is 4.42 Å². The first-order valence-electron chi connectivity index (χ1n) is 7.80. The maximum absolute atomic E-state index is 11.8. The number of hydrogen-bond donors (Lipinski definition) is 0. The fourth-order valence-corrected chi connectivity index (χ4v) is 4.63. The second-order valence-electron chi connectivity index (χ2n) is 6.16.